The van der Waals surface area contributed by atoms with E-state index in [1.165, 1.54) is 4.90 Å². The Bertz CT molecular complexity index is 748. The van der Waals surface area contributed by atoms with Crippen LogP contribution >= 0.6 is 0 Å². The zero-order valence-electron chi connectivity index (χ0n) is 15.2. The van der Waals surface area contributed by atoms with E-state index in [1.807, 2.05) is 12.1 Å². The third kappa shape index (κ3) is 4.81. The quantitative estimate of drug-likeness (QED) is 0.829. The van der Waals surface area contributed by atoms with Crippen LogP contribution in [0.25, 0.3) is 0 Å². The molecule has 1 aliphatic heterocycles. The first-order valence-corrected chi connectivity index (χ1v) is 10.3. The molecule has 1 fully saturated rings. The lowest BCUT2D eigenvalue weighted by molar-refractivity contribution is -0.144. The summed E-state index contributed by atoms with van der Waals surface area (Å²) < 4.78 is 23.2. The molecule has 7 heteroatoms. The number of carbonyl (C=O) groups is 2. The number of hydrogen-bond donors (Lipinski definition) is 1. The summed E-state index contributed by atoms with van der Waals surface area (Å²) in [7, 11) is -3.11. The Morgan fingerprint density at radius 2 is 1.80 bits per heavy atom. The molecule has 1 unspecified atom stereocenters. The number of carbonyl (C=O) groups excluding carboxylic acids is 2. The molecule has 138 valence electrons. The number of likely N-dealkylation sites (N-methyl/N-ethyl adjacent to an activating group) is 1. The molecule has 0 saturated carbocycles. The van der Waals surface area contributed by atoms with Gasteiger partial charge in [0, 0.05) is 18.3 Å². The minimum absolute atomic E-state index is 0.00529. The van der Waals surface area contributed by atoms with Crippen LogP contribution in [0, 0.1) is 0 Å². The fraction of sp³-hybridized carbons (Fsp3) is 0.556. The molecule has 2 amide bonds. The summed E-state index contributed by atoms with van der Waals surface area (Å²) in [6.45, 7) is 8.33. The zero-order valence-corrected chi connectivity index (χ0v) is 16.0. The van der Waals surface area contributed by atoms with Gasteiger partial charge in [-0.3, -0.25) is 9.59 Å². The second kappa shape index (κ2) is 7.15. The molecule has 1 saturated heterocycles. The van der Waals surface area contributed by atoms with Gasteiger partial charge in [0.2, 0.25) is 0 Å². The van der Waals surface area contributed by atoms with Gasteiger partial charge in [-0.25, -0.2) is 8.42 Å². The van der Waals surface area contributed by atoms with Gasteiger partial charge in [0.15, 0.2) is 9.84 Å². The number of anilines is 1. The van der Waals surface area contributed by atoms with E-state index in [0.717, 1.165) is 5.56 Å². The molecule has 0 spiro atoms. The second-order valence-corrected chi connectivity index (χ2v) is 9.66. The van der Waals surface area contributed by atoms with Gasteiger partial charge in [0.1, 0.15) is 0 Å². The number of sulfone groups is 1. The number of nitrogens with one attached hydrogen (secondary N) is 1. The predicted molar refractivity (Wildman–Crippen MR) is 98.2 cm³/mol. The summed E-state index contributed by atoms with van der Waals surface area (Å²) in [5.41, 5.74) is 1.68. The molecule has 0 aliphatic carbocycles. The van der Waals surface area contributed by atoms with Gasteiger partial charge in [0.05, 0.1) is 11.5 Å². The van der Waals surface area contributed by atoms with Gasteiger partial charge in [-0.2, -0.15) is 0 Å². The Morgan fingerprint density at radius 3 is 2.24 bits per heavy atom. The summed E-state index contributed by atoms with van der Waals surface area (Å²) >= 11 is 0. The van der Waals surface area contributed by atoms with E-state index < -0.39 is 27.7 Å². The topological polar surface area (TPSA) is 83.6 Å². The summed E-state index contributed by atoms with van der Waals surface area (Å²) in [6, 6.07) is 6.95. The van der Waals surface area contributed by atoms with Crippen molar-refractivity contribution in [2.75, 3.05) is 23.4 Å². The number of nitrogens with zero attached hydrogens (tertiary/aromatic N) is 1. The molecule has 6 nitrogen and oxygen atoms in total. The van der Waals surface area contributed by atoms with Crippen LogP contribution in [0.4, 0.5) is 5.69 Å². The lowest BCUT2D eigenvalue weighted by Crippen LogP contribution is -2.46. The Hall–Kier alpha value is -1.89. The first kappa shape index (κ1) is 19.4. The molecule has 2 rings (SSSR count). The van der Waals surface area contributed by atoms with Crippen molar-refractivity contribution in [2.24, 2.45) is 0 Å². The van der Waals surface area contributed by atoms with Gasteiger partial charge in [-0.05, 0) is 36.5 Å². The molecule has 0 aromatic heterocycles. The SMILES string of the molecule is CCN(C(=O)C(=O)Nc1ccc(C(C)(C)C)cc1)C1CCS(=O)(=O)C1. The monoisotopic (exact) mass is 366 g/mol. The normalized spacial score (nSPS) is 19.4. The van der Waals surface area contributed by atoms with Crippen LogP contribution in [-0.4, -0.2) is 49.2 Å². The Morgan fingerprint density at radius 1 is 1.20 bits per heavy atom. The molecule has 1 aromatic rings. The highest BCUT2D eigenvalue weighted by molar-refractivity contribution is 7.91. The molecular weight excluding hydrogens is 340 g/mol. The van der Waals surface area contributed by atoms with E-state index in [9.17, 15) is 18.0 Å². The third-order valence-corrected chi connectivity index (χ3v) is 6.20. The van der Waals surface area contributed by atoms with Crippen molar-refractivity contribution in [3.63, 3.8) is 0 Å². The van der Waals surface area contributed by atoms with Crippen molar-refractivity contribution in [3.05, 3.63) is 29.8 Å². The summed E-state index contributed by atoms with van der Waals surface area (Å²) in [5.74, 6) is -1.43. The zero-order chi connectivity index (χ0) is 18.8. The predicted octanol–water partition coefficient (Wildman–Crippen LogP) is 1.96. The number of benzene rings is 1. The Labute approximate surface area is 149 Å². The molecule has 1 aromatic carbocycles. The highest BCUT2D eigenvalue weighted by Crippen LogP contribution is 2.23. The van der Waals surface area contributed by atoms with E-state index in [1.54, 1.807) is 19.1 Å². The average molecular weight is 366 g/mol. The van der Waals surface area contributed by atoms with Crippen molar-refractivity contribution in [1.29, 1.82) is 0 Å². The molecule has 25 heavy (non-hydrogen) atoms. The Kier molecular flexibility index (Phi) is 5.56. The smallest absolute Gasteiger partial charge is 0.313 e. The maximum atomic E-state index is 12.4. The fourth-order valence-electron chi connectivity index (χ4n) is 2.96. The molecule has 1 atom stereocenters. The summed E-state index contributed by atoms with van der Waals surface area (Å²) in [6.07, 6.45) is 0.384. The molecule has 0 radical (unpaired) electrons. The number of rotatable bonds is 3. The van der Waals surface area contributed by atoms with Crippen LogP contribution in [0.15, 0.2) is 24.3 Å². The van der Waals surface area contributed by atoms with Crippen LogP contribution in [0.5, 0.6) is 0 Å². The number of hydrogen-bond acceptors (Lipinski definition) is 4. The van der Waals surface area contributed by atoms with Crippen LogP contribution in [0.3, 0.4) is 0 Å². The van der Waals surface area contributed by atoms with Crippen molar-refractivity contribution in [1.82, 2.24) is 4.90 Å². The van der Waals surface area contributed by atoms with Crippen molar-refractivity contribution in [3.8, 4) is 0 Å². The fourth-order valence-corrected chi connectivity index (χ4v) is 4.69. The lowest BCUT2D eigenvalue weighted by Gasteiger charge is -2.26. The number of amides is 2. The molecule has 1 aliphatic rings. The van der Waals surface area contributed by atoms with Crippen LogP contribution in [0.2, 0.25) is 0 Å². The minimum atomic E-state index is -3.11. The van der Waals surface area contributed by atoms with E-state index in [0.29, 0.717) is 18.7 Å². The van der Waals surface area contributed by atoms with E-state index >= 15 is 0 Å². The maximum absolute atomic E-state index is 12.4. The minimum Gasteiger partial charge on any atom is -0.331 e. The first-order chi connectivity index (χ1) is 11.5. The van der Waals surface area contributed by atoms with Gasteiger partial charge in [0.25, 0.3) is 0 Å². The van der Waals surface area contributed by atoms with E-state index in [2.05, 4.69) is 26.1 Å². The van der Waals surface area contributed by atoms with Crippen molar-refractivity contribution < 1.29 is 18.0 Å². The first-order valence-electron chi connectivity index (χ1n) is 8.46. The van der Waals surface area contributed by atoms with Crippen molar-refractivity contribution >= 4 is 27.3 Å². The van der Waals surface area contributed by atoms with Gasteiger partial charge in [-0.1, -0.05) is 32.9 Å². The van der Waals surface area contributed by atoms with E-state index in [4.69, 9.17) is 0 Å². The second-order valence-electron chi connectivity index (χ2n) is 7.43. The maximum Gasteiger partial charge on any atom is 0.313 e. The highest BCUT2D eigenvalue weighted by atomic mass is 32.2. The molecule has 0 bridgehead atoms. The van der Waals surface area contributed by atoms with Crippen LogP contribution < -0.4 is 5.32 Å². The van der Waals surface area contributed by atoms with Gasteiger partial charge >= 0.3 is 11.8 Å². The molecule has 1 heterocycles. The largest absolute Gasteiger partial charge is 0.331 e. The van der Waals surface area contributed by atoms with Crippen molar-refractivity contribution in [2.45, 2.75) is 45.6 Å². The van der Waals surface area contributed by atoms with Crippen LogP contribution in [-0.2, 0) is 24.8 Å². The Balaban J connectivity index is 2.05. The average Bonchev–Trinajstić information content (AvgIpc) is 2.87. The third-order valence-electron chi connectivity index (χ3n) is 4.45. The standard InChI is InChI=1S/C18H26N2O4S/c1-5-20(15-10-11-25(23,24)12-15)17(22)16(21)19-14-8-6-13(7-9-14)18(2,3)4/h6-9,15H,5,10-12H2,1-4H3,(H,19,21). The molecule has 1 N–H and O–H groups in total. The summed E-state index contributed by atoms with van der Waals surface area (Å²) in [5, 5.41) is 2.60. The van der Waals surface area contributed by atoms with Crippen LogP contribution in [0.1, 0.15) is 39.7 Å². The summed E-state index contributed by atoms with van der Waals surface area (Å²) in [4.78, 5) is 26.0. The van der Waals surface area contributed by atoms with Gasteiger partial charge in [-0.15, -0.1) is 0 Å². The lowest BCUT2D eigenvalue weighted by atomic mass is 9.87. The van der Waals surface area contributed by atoms with E-state index in [-0.39, 0.29) is 16.9 Å². The highest BCUT2D eigenvalue weighted by Gasteiger charge is 2.36. The molecular formula is C18H26N2O4S. The van der Waals surface area contributed by atoms with Gasteiger partial charge < -0.3 is 10.2 Å².